The lowest BCUT2D eigenvalue weighted by molar-refractivity contribution is 0.0614. The smallest absolute Gasteiger partial charge is 0.170 e. The first kappa shape index (κ1) is 12.2. The van der Waals surface area contributed by atoms with Crippen molar-refractivity contribution in [3.63, 3.8) is 0 Å². The number of Topliss-reactive ketones (excluding diaryl/α,β-unsaturated/α-hetero) is 1. The molecule has 0 atom stereocenters. The van der Waals surface area contributed by atoms with Gasteiger partial charge in [0.2, 0.25) is 0 Å². The number of halogens is 2. The summed E-state index contributed by atoms with van der Waals surface area (Å²) in [5.41, 5.74) is -0.155. The molecule has 1 aromatic carbocycles. The van der Waals surface area contributed by atoms with E-state index in [0.717, 1.165) is 31.4 Å². The lowest BCUT2D eigenvalue weighted by Gasteiger charge is -2.40. The van der Waals surface area contributed by atoms with Crippen molar-refractivity contribution in [1.82, 2.24) is 5.32 Å². The highest BCUT2D eigenvalue weighted by molar-refractivity contribution is 6.01. The van der Waals surface area contributed by atoms with Crippen LogP contribution >= 0.6 is 0 Å². The van der Waals surface area contributed by atoms with Crippen LogP contribution in [0, 0.1) is 17.0 Å². The van der Waals surface area contributed by atoms with Gasteiger partial charge >= 0.3 is 0 Å². The molecule has 1 aromatic rings. The van der Waals surface area contributed by atoms with Crippen molar-refractivity contribution in [2.24, 2.45) is 5.41 Å². The molecule has 0 unspecified atom stereocenters. The van der Waals surface area contributed by atoms with Gasteiger partial charge in [-0.25, -0.2) is 8.78 Å². The van der Waals surface area contributed by atoms with E-state index in [1.165, 1.54) is 6.07 Å². The van der Waals surface area contributed by atoms with Crippen molar-refractivity contribution in [2.75, 3.05) is 13.6 Å². The van der Waals surface area contributed by atoms with Crippen LogP contribution in [0.3, 0.4) is 0 Å². The van der Waals surface area contributed by atoms with Crippen molar-refractivity contribution >= 4 is 5.78 Å². The monoisotopic (exact) mass is 239 g/mol. The second-order valence-corrected chi connectivity index (χ2v) is 4.62. The van der Waals surface area contributed by atoms with Crippen LogP contribution in [-0.2, 0) is 0 Å². The Morgan fingerprint density at radius 2 is 2.06 bits per heavy atom. The summed E-state index contributed by atoms with van der Waals surface area (Å²) in [5, 5.41) is 3.00. The number of nitrogens with one attached hydrogen (secondary N) is 1. The van der Waals surface area contributed by atoms with Gasteiger partial charge in [-0.1, -0.05) is 6.42 Å². The summed E-state index contributed by atoms with van der Waals surface area (Å²) in [5.74, 6) is -1.97. The molecule has 1 saturated carbocycles. The third kappa shape index (κ3) is 2.09. The number of ketones is 1. The molecule has 0 bridgehead atoms. The highest BCUT2D eigenvalue weighted by Crippen LogP contribution is 2.43. The van der Waals surface area contributed by atoms with Crippen LogP contribution in [0.4, 0.5) is 8.78 Å². The minimum absolute atomic E-state index is 0.0861. The molecule has 4 heteroatoms. The Kier molecular flexibility index (Phi) is 3.24. The molecule has 1 N–H and O–H groups in total. The zero-order valence-electron chi connectivity index (χ0n) is 9.72. The first-order chi connectivity index (χ1) is 8.09. The Morgan fingerprint density at radius 1 is 1.35 bits per heavy atom. The SMILES string of the molecule is CNCC1(C(=O)c2ccc(F)c(F)c2)CCC1. The van der Waals surface area contributed by atoms with Crippen LogP contribution in [0.2, 0.25) is 0 Å². The molecule has 0 amide bonds. The van der Waals surface area contributed by atoms with Crippen LogP contribution in [0.15, 0.2) is 18.2 Å². The van der Waals surface area contributed by atoms with E-state index in [-0.39, 0.29) is 11.3 Å². The van der Waals surface area contributed by atoms with Crippen LogP contribution in [0.25, 0.3) is 0 Å². The van der Waals surface area contributed by atoms with Crippen LogP contribution in [-0.4, -0.2) is 19.4 Å². The molecule has 0 radical (unpaired) electrons. The summed E-state index contributed by atoms with van der Waals surface area (Å²) in [6.07, 6.45) is 2.63. The Bertz CT molecular complexity index is 441. The van der Waals surface area contributed by atoms with E-state index >= 15 is 0 Å². The minimum Gasteiger partial charge on any atom is -0.319 e. The van der Waals surface area contributed by atoms with E-state index in [1.54, 1.807) is 7.05 Å². The van der Waals surface area contributed by atoms with Gasteiger partial charge in [0.15, 0.2) is 17.4 Å². The molecule has 0 aromatic heterocycles. The first-order valence-electron chi connectivity index (χ1n) is 5.73. The summed E-state index contributed by atoms with van der Waals surface area (Å²) in [6, 6.07) is 3.36. The lowest BCUT2D eigenvalue weighted by atomic mass is 9.64. The molecule has 17 heavy (non-hydrogen) atoms. The molecular weight excluding hydrogens is 224 g/mol. The maximum Gasteiger partial charge on any atom is 0.170 e. The summed E-state index contributed by atoms with van der Waals surface area (Å²) < 4.78 is 25.9. The van der Waals surface area contributed by atoms with E-state index in [4.69, 9.17) is 0 Å². The van der Waals surface area contributed by atoms with E-state index in [2.05, 4.69) is 5.32 Å². The molecule has 2 rings (SSSR count). The molecule has 0 heterocycles. The number of rotatable bonds is 4. The van der Waals surface area contributed by atoms with Gasteiger partial charge in [-0.15, -0.1) is 0 Å². The number of benzene rings is 1. The van der Waals surface area contributed by atoms with Crippen molar-refractivity contribution in [3.05, 3.63) is 35.4 Å². The lowest BCUT2D eigenvalue weighted by Crippen LogP contribution is -2.45. The van der Waals surface area contributed by atoms with E-state index < -0.39 is 17.0 Å². The van der Waals surface area contributed by atoms with Crippen LogP contribution in [0.5, 0.6) is 0 Å². The summed E-state index contributed by atoms with van der Waals surface area (Å²) >= 11 is 0. The number of hydrogen-bond acceptors (Lipinski definition) is 2. The summed E-state index contributed by atoms with van der Waals surface area (Å²) in [7, 11) is 1.79. The fourth-order valence-corrected chi connectivity index (χ4v) is 2.37. The van der Waals surface area contributed by atoms with Gasteiger partial charge < -0.3 is 5.32 Å². The van der Waals surface area contributed by atoms with Gasteiger partial charge in [0, 0.05) is 17.5 Å². The third-order valence-electron chi connectivity index (χ3n) is 3.49. The summed E-state index contributed by atoms with van der Waals surface area (Å²) in [4.78, 5) is 12.3. The van der Waals surface area contributed by atoms with Crippen molar-refractivity contribution in [2.45, 2.75) is 19.3 Å². The molecular formula is C13H15F2NO. The predicted octanol–water partition coefficient (Wildman–Crippen LogP) is 2.54. The van der Waals surface area contributed by atoms with E-state index in [1.807, 2.05) is 0 Å². The maximum atomic E-state index is 13.1. The fourth-order valence-electron chi connectivity index (χ4n) is 2.37. The Labute approximate surface area is 99.0 Å². The van der Waals surface area contributed by atoms with Crippen molar-refractivity contribution in [1.29, 1.82) is 0 Å². The highest BCUT2D eigenvalue weighted by atomic mass is 19.2. The normalized spacial score (nSPS) is 17.6. The molecule has 1 fully saturated rings. The molecule has 1 aliphatic carbocycles. The molecule has 92 valence electrons. The van der Waals surface area contributed by atoms with E-state index in [0.29, 0.717) is 6.54 Å². The molecule has 2 nitrogen and oxygen atoms in total. The van der Waals surface area contributed by atoms with Gasteiger partial charge in [0.05, 0.1) is 0 Å². The first-order valence-corrected chi connectivity index (χ1v) is 5.73. The van der Waals surface area contributed by atoms with Crippen molar-refractivity contribution in [3.8, 4) is 0 Å². The van der Waals surface area contributed by atoms with Crippen molar-refractivity contribution < 1.29 is 13.6 Å². The Hall–Kier alpha value is -1.29. The second-order valence-electron chi connectivity index (χ2n) is 4.62. The van der Waals surface area contributed by atoms with Crippen LogP contribution in [0.1, 0.15) is 29.6 Å². The minimum atomic E-state index is -0.963. The van der Waals surface area contributed by atoms with Gasteiger partial charge in [0.25, 0.3) is 0 Å². The summed E-state index contributed by atoms with van der Waals surface area (Å²) in [6.45, 7) is 0.588. The maximum absolute atomic E-state index is 13.1. The molecule has 1 aliphatic rings. The van der Waals surface area contributed by atoms with E-state index in [9.17, 15) is 13.6 Å². The second kappa shape index (κ2) is 4.53. The van der Waals surface area contributed by atoms with Crippen LogP contribution < -0.4 is 5.32 Å². The Morgan fingerprint density at radius 3 is 2.53 bits per heavy atom. The number of carbonyl (C=O) groups excluding carboxylic acids is 1. The number of hydrogen-bond donors (Lipinski definition) is 1. The standard InChI is InChI=1S/C13H15F2NO/c1-16-8-13(5-2-6-13)12(17)9-3-4-10(14)11(15)7-9/h3-4,7,16H,2,5-6,8H2,1H3. The Balaban J connectivity index is 2.26. The molecule has 0 spiro atoms. The largest absolute Gasteiger partial charge is 0.319 e. The zero-order valence-corrected chi connectivity index (χ0v) is 9.72. The highest BCUT2D eigenvalue weighted by Gasteiger charge is 2.43. The molecule has 0 saturated heterocycles. The fraction of sp³-hybridized carbons (Fsp3) is 0.462. The number of carbonyl (C=O) groups is 1. The quantitative estimate of drug-likeness (QED) is 0.818. The van der Waals surface area contributed by atoms with Gasteiger partial charge in [-0.3, -0.25) is 4.79 Å². The average molecular weight is 239 g/mol. The topological polar surface area (TPSA) is 29.1 Å². The van der Waals surface area contributed by atoms with Gasteiger partial charge in [0.1, 0.15) is 0 Å². The average Bonchev–Trinajstić information content (AvgIpc) is 2.26. The zero-order chi connectivity index (χ0) is 12.5. The third-order valence-corrected chi connectivity index (χ3v) is 3.49. The van der Waals surface area contributed by atoms with Gasteiger partial charge in [-0.2, -0.15) is 0 Å². The predicted molar refractivity (Wildman–Crippen MR) is 60.9 cm³/mol. The van der Waals surface area contributed by atoms with Gasteiger partial charge in [-0.05, 0) is 38.1 Å². The molecule has 0 aliphatic heterocycles.